The first-order valence-corrected chi connectivity index (χ1v) is 13.9. The SMILES string of the molecule is CCOC(=O)N1CCN(/C(=N\c2sc(-c3ccc(Cl)cc3)nc2-c2ccccc2)c2ccc(C)cc2)CC1. The van der Waals surface area contributed by atoms with Crippen molar-refractivity contribution in [2.24, 2.45) is 4.99 Å². The van der Waals surface area contributed by atoms with E-state index in [1.807, 2.05) is 49.4 Å². The molecule has 5 rings (SSSR count). The number of hydrogen-bond donors (Lipinski definition) is 0. The van der Waals surface area contributed by atoms with Gasteiger partial charge in [0.1, 0.15) is 21.5 Å². The topological polar surface area (TPSA) is 58.0 Å². The third-order valence-electron chi connectivity index (χ3n) is 6.37. The molecule has 0 saturated carbocycles. The Morgan fingerprint density at radius 1 is 0.921 bits per heavy atom. The number of halogens is 1. The van der Waals surface area contributed by atoms with Gasteiger partial charge >= 0.3 is 6.09 Å². The molecule has 1 amide bonds. The summed E-state index contributed by atoms with van der Waals surface area (Å²) >= 11 is 7.70. The Morgan fingerprint density at radius 2 is 1.58 bits per heavy atom. The van der Waals surface area contributed by atoms with Crippen molar-refractivity contribution in [1.82, 2.24) is 14.8 Å². The Hall–Kier alpha value is -3.68. The average molecular weight is 545 g/mol. The van der Waals surface area contributed by atoms with Gasteiger partial charge in [0.25, 0.3) is 0 Å². The maximum absolute atomic E-state index is 12.3. The quantitative estimate of drug-likeness (QED) is 0.195. The van der Waals surface area contributed by atoms with Crippen LogP contribution in [0.4, 0.5) is 9.80 Å². The monoisotopic (exact) mass is 544 g/mol. The average Bonchev–Trinajstić information content (AvgIpc) is 3.37. The number of hydrogen-bond acceptors (Lipinski definition) is 5. The molecule has 6 nitrogen and oxygen atoms in total. The van der Waals surface area contributed by atoms with Gasteiger partial charge in [0.15, 0.2) is 0 Å². The van der Waals surface area contributed by atoms with Crippen molar-refractivity contribution in [3.05, 3.63) is 95.0 Å². The fraction of sp³-hybridized carbons (Fsp3) is 0.233. The van der Waals surface area contributed by atoms with E-state index >= 15 is 0 Å². The number of amides is 1. The second kappa shape index (κ2) is 11.8. The molecule has 1 aliphatic rings. The number of rotatable bonds is 5. The zero-order valence-electron chi connectivity index (χ0n) is 21.4. The van der Waals surface area contributed by atoms with E-state index in [1.165, 1.54) is 5.56 Å². The van der Waals surface area contributed by atoms with E-state index in [0.717, 1.165) is 38.2 Å². The molecule has 1 saturated heterocycles. The maximum Gasteiger partial charge on any atom is 0.409 e. The smallest absolute Gasteiger partial charge is 0.409 e. The van der Waals surface area contributed by atoms with Crippen LogP contribution in [0.15, 0.2) is 83.9 Å². The highest BCUT2D eigenvalue weighted by molar-refractivity contribution is 7.19. The lowest BCUT2D eigenvalue weighted by Crippen LogP contribution is -2.50. The fourth-order valence-corrected chi connectivity index (χ4v) is 5.41. The molecular formula is C30H29ClN4O2S. The summed E-state index contributed by atoms with van der Waals surface area (Å²) in [7, 11) is 0. The molecule has 194 valence electrons. The number of amidine groups is 1. The van der Waals surface area contributed by atoms with Gasteiger partial charge in [-0.15, -0.1) is 0 Å². The van der Waals surface area contributed by atoms with Crippen molar-refractivity contribution in [3.63, 3.8) is 0 Å². The molecule has 4 aromatic rings. The number of nitrogens with zero attached hydrogens (tertiary/aromatic N) is 4. The number of ether oxygens (including phenoxy) is 1. The van der Waals surface area contributed by atoms with Gasteiger partial charge in [-0.25, -0.2) is 14.8 Å². The number of aromatic nitrogens is 1. The largest absolute Gasteiger partial charge is 0.450 e. The molecule has 0 atom stereocenters. The van der Waals surface area contributed by atoms with Crippen LogP contribution in [-0.4, -0.2) is 59.5 Å². The van der Waals surface area contributed by atoms with Gasteiger partial charge in [-0.05, 0) is 26.0 Å². The van der Waals surface area contributed by atoms with Gasteiger partial charge in [0, 0.05) is 47.9 Å². The number of carbonyl (C=O) groups is 1. The second-order valence-electron chi connectivity index (χ2n) is 9.02. The molecule has 0 bridgehead atoms. The van der Waals surface area contributed by atoms with Crippen molar-refractivity contribution in [2.75, 3.05) is 32.8 Å². The van der Waals surface area contributed by atoms with Gasteiger partial charge in [-0.3, -0.25) is 0 Å². The van der Waals surface area contributed by atoms with Crippen LogP contribution >= 0.6 is 22.9 Å². The summed E-state index contributed by atoms with van der Waals surface area (Å²) in [6.07, 6.45) is -0.262. The summed E-state index contributed by atoms with van der Waals surface area (Å²) in [5.74, 6) is 0.872. The highest BCUT2D eigenvalue weighted by Gasteiger charge is 2.25. The van der Waals surface area contributed by atoms with E-state index in [0.29, 0.717) is 37.8 Å². The number of benzene rings is 3. The van der Waals surface area contributed by atoms with Crippen molar-refractivity contribution in [2.45, 2.75) is 13.8 Å². The Kier molecular flexibility index (Phi) is 8.05. The summed E-state index contributed by atoms with van der Waals surface area (Å²) < 4.78 is 5.21. The van der Waals surface area contributed by atoms with E-state index < -0.39 is 0 Å². The number of aliphatic imine (C=N–C) groups is 1. The maximum atomic E-state index is 12.3. The first-order chi connectivity index (χ1) is 18.5. The van der Waals surface area contributed by atoms with Crippen LogP contribution in [0.25, 0.3) is 21.8 Å². The Labute approximate surface area is 232 Å². The molecule has 38 heavy (non-hydrogen) atoms. The molecule has 0 unspecified atom stereocenters. The van der Waals surface area contributed by atoms with Gasteiger partial charge in [-0.1, -0.05) is 95.2 Å². The minimum Gasteiger partial charge on any atom is -0.450 e. The Morgan fingerprint density at radius 3 is 2.24 bits per heavy atom. The Bertz CT molecular complexity index is 1410. The van der Waals surface area contributed by atoms with E-state index in [9.17, 15) is 4.79 Å². The number of aryl methyl sites for hydroxylation is 1. The molecule has 8 heteroatoms. The standard InChI is InChI=1S/C30H29ClN4O2S/c1-3-37-30(36)35-19-17-34(18-20-35)27(23-11-9-21(2)10-12-23)33-29-26(22-7-5-4-6-8-22)32-28(38-29)24-13-15-25(31)16-14-24/h4-16H,3,17-20H2,1-2H3/b33-27-. The highest BCUT2D eigenvalue weighted by Crippen LogP contribution is 2.40. The van der Waals surface area contributed by atoms with Gasteiger partial charge in [-0.2, -0.15) is 0 Å². The van der Waals surface area contributed by atoms with Gasteiger partial charge < -0.3 is 14.5 Å². The molecule has 2 heterocycles. The van der Waals surface area contributed by atoms with Crippen LogP contribution in [0.2, 0.25) is 5.02 Å². The van der Waals surface area contributed by atoms with Crippen molar-refractivity contribution in [3.8, 4) is 21.8 Å². The molecule has 1 aromatic heterocycles. The van der Waals surface area contributed by atoms with Crippen LogP contribution in [0.1, 0.15) is 18.1 Å². The molecule has 1 aliphatic heterocycles. The summed E-state index contributed by atoms with van der Waals surface area (Å²) in [5, 5.41) is 2.41. The lowest BCUT2D eigenvalue weighted by Gasteiger charge is -2.36. The predicted molar refractivity (Wildman–Crippen MR) is 156 cm³/mol. The molecule has 0 N–H and O–H groups in total. The van der Waals surface area contributed by atoms with Crippen LogP contribution < -0.4 is 0 Å². The summed E-state index contributed by atoms with van der Waals surface area (Å²) in [6.45, 7) is 6.76. The predicted octanol–water partition coefficient (Wildman–Crippen LogP) is 7.29. The number of thiazole rings is 1. The third kappa shape index (κ3) is 5.90. The number of carbonyl (C=O) groups excluding carboxylic acids is 1. The molecule has 0 aliphatic carbocycles. The van der Waals surface area contributed by atoms with Crippen molar-refractivity contribution < 1.29 is 9.53 Å². The second-order valence-corrected chi connectivity index (χ2v) is 10.4. The fourth-order valence-electron chi connectivity index (χ4n) is 4.32. The number of piperazine rings is 1. The van der Waals surface area contributed by atoms with Crippen LogP contribution in [-0.2, 0) is 4.74 Å². The zero-order valence-corrected chi connectivity index (χ0v) is 23.0. The molecule has 0 spiro atoms. The third-order valence-corrected chi connectivity index (χ3v) is 7.62. The van der Waals surface area contributed by atoms with E-state index in [2.05, 4.69) is 48.2 Å². The normalized spacial score (nSPS) is 14.0. The first-order valence-electron chi connectivity index (χ1n) is 12.7. The molecular weight excluding hydrogens is 516 g/mol. The van der Waals surface area contributed by atoms with Crippen molar-refractivity contribution >= 4 is 39.9 Å². The minimum atomic E-state index is -0.262. The van der Waals surface area contributed by atoms with Crippen LogP contribution in [0, 0.1) is 6.92 Å². The van der Waals surface area contributed by atoms with E-state index in [-0.39, 0.29) is 6.09 Å². The van der Waals surface area contributed by atoms with Crippen molar-refractivity contribution in [1.29, 1.82) is 0 Å². The molecule has 0 radical (unpaired) electrons. The minimum absolute atomic E-state index is 0.262. The Balaban J connectivity index is 1.56. The lowest BCUT2D eigenvalue weighted by atomic mass is 10.1. The van der Waals surface area contributed by atoms with E-state index in [1.54, 1.807) is 16.2 Å². The van der Waals surface area contributed by atoms with Crippen LogP contribution in [0.5, 0.6) is 0 Å². The van der Waals surface area contributed by atoms with Gasteiger partial charge in [0.05, 0.1) is 6.61 Å². The van der Waals surface area contributed by atoms with E-state index in [4.69, 9.17) is 26.3 Å². The molecule has 3 aromatic carbocycles. The lowest BCUT2D eigenvalue weighted by molar-refractivity contribution is 0.0921. The van der Waals surface area contributed by atoms with Gasteiger partial charge in [0.2, 0.25) is 0 Å². The first kappa shape index (κ1) is 25.9. The molecule has 1 fully saturated rings. The highest BCUT2D eigenvalue weighted by atomic mass is 35.5. The summed E-state index contributed by atoms with van der Waals surface area (Å²) in [6, 6.07) is 26.3. The zero-order chi connectivity index (χ0) is 26.5. The summed E-state index contributed by atoms with van der Waals surface area (Å²) in [5.41, 5.74) is 5.07. The van der Waals surface area contributed by atoms with Crippen LogP contribution in [0.3, 0.4) is 0 Å². The summed E-state index contributed by atoms with van der Waals surface area (Å²) in [4.78, 5) is 26.6.